The van der Waals surface area contributed by atoms with Crippen LogP contribution in [0.5, 0.6) is 0 Å². The molecular weight excluding hydrogens is 266 g/mol. The zero-order valence-corrected chi connectivity index (χ0v) is 10.6. The smallest absolute Gasteiger partial charge is 0.0244 e. The summed E-state index contributed by atoms with van der Waals surface area (Å²) in [5.41, 5.74) is 4.08. The number of halogens is 1. The third kappa shape index (κ3) is 2.72. The molecule has 1 atom stereocenters. The van der Waals surface area contributed by atoms with Crippen LogP contribution in [0.4, 0.5) is 0 Å². The third-order valence-corrected chi connectivity index (χ3v) is 2.65. The van der Waals surface area contributed by atoms with Crippen molar-refractivity contribution in [1.29, 1.82) is 0 Å². The topological polar surface area (TPSA) is 0 Å². The lowest BCUT2D eigenvalue weighted by Gasteiger charge is -2.04. The molecule has 0 aromatic heterocycles. The van der Waals surface area contributed by atoms with Crippen molar-refractivity contribution >= 4 is 38.5 Å². The number of hydrogen-bond acceptors (Lipinski definition) is 0. The number of rotatable bonds is 0. The molecule has 0 saturated carbocycles. The summed E-state index contributed by atoms with van der Waals surface area (Å²) in [6, 6.07) is 4.41. The second-order valence-electron chi connectivity index (χ2n) is 2.81. The van der Waals surface area contributed by atoms with Gasteiger partial charge < -0.3 is 0 Å². The highest BCUT2D eigenvalue weighted by atomic mass is 127. The van der Waals surface area contributed by atoms with Crippen molar-refractivity contribution in [2.75, 3.05) is 0 Å². The maximum atomic E-state index is 2.77. The van der Waals surface area contributed by atoms with Crippen LogP contribution in [0.15, 0.2) is 12.1 Å². The molecular formula is C9H14IP. The Kier molecular flexibility index (Phi) is 4.57. The minimum absolute atomic E-state index is 0. The molecule has 1 unspecified atom stereocenters. The summed E-state index contributed by atoms with van der Waals surface area (Å²) in [6.07, 6.45) is 0. The lowest BCUT2D eigenvalue weighted by molar-refractivity contribution is 1.36. The van der Waals surface area contributed by atoms with E-state index in [0.29, 0.717) is 0 Å². The quantitative estimate of drug-likeness (QED) is 0.506. The van der Waals surface area contributed by atoms with Crippen LogP contribution in [-0.4, -0.2) is 0 Å². The van der Waals surface area contributed by atoms with Gasteiger partial charge in [-0.15, -0.1) is 33.2 Å². The zero-order valence-electron chi connectivity index (χ0n) is 7.14. The van der Waals surface area contributed by atoms with E-state index in [1.807, 2.05) is 0 Å². The van der Waals surface area contributed by atoms with Gasteiger partial charge in [-0.2, -0.15) is 0 Å². The largest absolute Gasteiger partial charge is 0.107 e. The molecule has 0 radical (unpaired) electrons. The Balaban J connectivity index is 0.000001000. The van der Waals surface area contributed by atoms with Gasteiger partial charge in [-0.1, -0.05) is 17.7 Å². The molecule has 0 nitrogen and oxygen atoms in total. The summed E-state index contributed by atoms with van der Waals surface area (Å²) in [4.78, 5) is 0. The number of benzene rings is 1. The molecule has 1 rings (SSSR count). The minimum atomic E-state index is 0. The van der Waals surface area contributed by atoms with Crippen LogP contribution < -0.4 is 5.30 Å². The van der Waals surface area contributed by atoms with Gasteiger partial charge in [0.05, 0.1) is 0 Å². The predicted octanol–water partition coefficient (Wildman–Crippen LogP) is 2.73. The van der Waals surface area contributed by atoms with E-state index >= 15 is 0 Å². The second-order valence-corrected chi connectivity index (χ2v) is 3.39. The van der Waals surface area contributed by atoms with Crippen molar-refractivity contribution < 1.29 is 0 Å². The maximum absolute atomic E-state index is 2.77. The molecule has 0 aliphatic heterocycles. The molecule has 0 bridgehead atoms. The summed E-state index contributed by atoms with van der Waals surface area (Å²) in [6.45, 7) is 6.41. The maximum Gasteiger partial charge on any atom is -0.0244 e. The van der Waals surface area contributed by atoms with E-state index < -0.39 is 0 Å². The fraction of sp³-hybridized carbons (Fsp3) is 0.333. The molecule has 62 valence electrons. The fourth-order valence-corrected chi connectivity index (χ4v) is 1.36. The van der Waals surface area contributed by atoms with E-state index in [9.17, 15) is 0 Å². The monoisotopic (exact) mass is 280 g/mol. The standard InChI is InChI=1S/C9H13P.HI/c1-6-4-7(2)9(10)8(3)5-6;/h4-5H,10H2,1-3H3;1H. The summed E-state index contributed by atoms with van der Waals surface area (Å²) in [5, 5.41) is 1.34. The van der Waals surface area contributed by atoms with E-state index in [4.69, 9.17) is 0 Å². The minimum Gasteiger partial charge on any atom is -0.107 e. The van der Waals surface area contributed by atoms with Crippen molar-refractivity contribution in [2.24, 2.45) is 0 Å². The van der Waals surface area contributed by atoms with Gasteiger partial charge in [0, 0.05) is 0 Å². The van der Waals surface area contributed by atoms with Crippen LogP contribution in [-0.2, 0) is 0 Å². The summed E-state index contributed by atoms with van der Waals surface area (Å²) in [7, 11) is 2.77. The van der Waals surface area contributed by atoms with Crippen molar-refractivity contribution in [3.05, 3.63) is 28.8 Å². The van der Waals surface area contributed by atoms with Crippen LogP contribution in [0, 0.1) is 20.8 Å². The van der Waals surface area contributed by atoms with Gasteiger partial charge in [0.15, 0.2) is 0 Å². The highest BCUT2D eigenvalue weighted by Gasteiger charge is 1.96. The van der Waals surface area contributed by atoms with Crippen molar-refractivity contribution in [3.63, 3.8) is 0 Å². The Labute approximate surface area is 88.0 Å². The first kappa shape index (κ1) is 11.4. The lowest BCUT2D eigenvalue weighted by atomic mass is 10.1. The van der Waals surface area contributed by atoms with Gasteiger partial charge in [-0.05, 0) is 37.2 Å². The first-order valence-electron chi connectivity index (χ1n) is 3.44. The van der Waals surface area contributed by atoms with Crippen LogP contribution in [0.25, 0.3) is 0 Å². The molecule has 1 aromatic carbocycles. The van der Waals surface area contributed by atoms with E-state index in [2.05, 4.69) is 42.1 Å². The first-order valence-corrected chi connectivity index (χ1v) is 4.02. The van der Waals surface area contributed by atoms with Crippen molar-refractivity contribution in [1.82, 2.24) is 0 Å². The average Bonchev–Trinajstić information content (AvgIpc) is 1.82. The Morgan fingerprint density at radius 1 is 1.00 bits per heavy atom. The molecule has 0 spiro atoms. The molecule has 0 N–H and O–H groups in total. The summed E-state index contributed by atoms with van der Waals surface area (Å²) in [5.74, 6) is 0. The van der Waals surface area contributed by atoms with Gasteiger partial charge in [-0.3, -0.25) is 0 Å². The molecule has 0 amide bonds. The van der Waals surface area contributed by atoms with E-state index in [-0.39, 0.29) is 24.0 Å². The van der Waals surface area contributed by atoms with Crippen molar-refractivity contribution in [2.45, 2.75) is 20.8 Å². The van der Waals surface area contributed by atoms with Gasteiger partial charge in [-0.25, -0.2) is 0 Å². The van der Waals surface area contributed by atoms with Gasteiger partial charge >= 0.3 is 0 Å². The molecule has 0 heterocycles. The number of aryl methyl sites for hydroxylation is 3. The van der Waals surface area contributed by atoms with Crippen LogP contribution in [0.1, 0.15) is 16.7 Å². The summed E-state index contributed by atoms with van der Waals surface area (Å²) < 4.78 is 0. The highest BCUT2D eigenvalue weighted by molar-refractivity contribution is 14.0. The van der Waals surface area contributed by atoms with Gasteiger partial charge in [0.2, 0.25) is 0 Å². The highest BCUT2D eigenvalue weighted by Crippen LogP contribution is 2.07. The predicted molar refractivity (Wildman–Crippen MR) is 65.4 cm³/mol. The molecule has 2 heteroatoms. The molecule has 0 aliphatic rings. The summed E-state index contributed by atoms with van der Waals surface area (Å²) >= 11 is 0. The third-order valence-electron chi connectivity index (χ3n) is 1.74. The Morgan fingerprint density at radius 3 is 1.73 bits per heavy atom. The fourth-order valence-electron chi connectivity index (χ4n) is 1.19. The van der Waals surface area contributed by atoms with Crippen LogP contribution in [0.2, 0.25) is 0 Å². The second kappa shape index (κ2) is 4.42. The van der Waals surface area contributed by atoms with Crippen LogP contribution >= 0.6 is 33.2 Å². The average molecular weight is 280 g/mol. The Hall–Kier alpha value is 0.380. The molecule has 0 saturated heterocycles. The van der Waals surface area contributed by atoms with Gasteiger partial charge in [0.1, 0.15) is 0 Å². The van der Waals surface area contributed by atoms with E-state index in [1.54, 1.807) is 0 Å². The first-order chi connectivity index (χ1) is 4.61. The van der Waals surface area contributed by atoms with E-state index in [0.717, 1.165) is 0 Å². The SMILES string of the molecule is Cc1cc(C)c(P)c(C)c1.I. The molecule has 1 aromatic rings. The molecule has 11 heavy (non-hydrogen) atoms. The normalized spacial score (nSPS) is 9.09. The Bertz CT molecular complexity index is 233. The lowest BCUT2D eigenvalue weighted by Crippen LogP contribution is -2.01. The molecule has 0 fully saturated rings. The zero-order chi connectivity index (χ0) is 7.72. The Morgan fingerprint density at radius 2 is 1.36 bits per heavy atom. The van der Waals surface area contributed by atoms with Crippen LogP contribution in [0.3, 0.4) is 0 Å². The van der Waals surface area contributed by atoms with E-state index in [1.165, 1.54) is 22.0 Å². The number of hydrogen-bond donors (Lipinski definition) is 0. The van der Waals surface area contributed by atoms with Crippen molar-refractivity contribution in [3.8, 4) is 0 Å². The van der Waals surface area contributed by atoms with Gasteiger partial charge in [0.25, 0.3) is 0 Å². The molecule has 0 aliphatic carbocycles.